The molecule has 2 atom stereocenters. The maximum atomic E-state index is 12.6. The third-order valence-electron chi connectivity index (χ3n) is 6.58. The Hall–Kier alpha value is -1.23. The van der Waals surface area contributed by atoms with E-state index in [1.54, 1.807) is 6.07 Å². The average molecular weight is 325 g/mol. The molecule has 23 heavy (non-hydrogen) atoms. The number of fused-ring (bicyclic) bond motifs is 1. The normalized spacial score (nSPS) is 33.7. The van der Waals surface area contributed by atoms with E-state index in [2.05, 4.69) is 16.7 Å². The smallest absolute Gasteiger partial charge is 0.406 e. The molecule has 2 fully saturated rings. The molecule has 1 saturated heterocycles. The Balaban J connectivity index is 1.82. The minimum Gasteiger partial charge on any atom is -0.406 e. The van der Waals surface area contributed by atoms with E-state index in [4.69, 9.17) is 0 Å². The number of alkyl halides is 3. The van der Waals surface area contributed by atoms with Crippen LogP contribution >= 0.6 is 0 Å². The molecule has 1 heterocycles. The highest BCUT2D eigenvalue weighted by Gasteiger charge is 2.61. The monoisotopic (exact) mass is 325 g/mol. The fourth-order valence-electron chi connectivity index (χ4n) is 5.64. The van der Waals surface area contributed by atoms with E-state index < -0.39 is 6.36 Å². The van der Waals surface area contributed by atoms with Crippen molar-refractivity contribution < 1.29 is 17.9 Å². The lowest BCUT2D eigenvalue weighted by molar-refractivity contribution is -0.274. The maximum absolute atomic E-state index is 12.6. The number of halogens is 3. The molecule has 0 bridgehead atoms. The predicted molar refractivity (Wildman–Crippen MR) is 81.6 cm³/mol. The van der Waals surface area contributed by atoms with Crippen molar-refractivity contribution in [2.24, 2.45) is 0 Å². The molecule has 2 aliphatic carbocycles. The van der Waals surface area contributed by atoms with Crippen molar-refractivity contribution in [3.63, 3.8) is 0 Å². The first-order chi connectivity index (χ1) is 10.9. The van der Waals surface area contributed by atoms with E-state index in [0.29, 0.717) is 0 Å². The van der Waals surface area contributed by atoms with Crippen LogP contribution in [0.2, 0.25) is 0 Å². The number of hydrogen-bond acceptors (Lipinski definition) is 2. The third-order valence-corrected chi connectivity index (χ3v) is 6.58. The summed E-state index contributed by atoms with van der Waals surface area (Å²) in [7, 11) is 2.19. The van der Waals surface area contributed by atoms with Gasteiger partial charge in [0.15, 0.2) is 0 Å². The minimum absolute atomic E-state index is 0.0125. The highest BCUT2D eigenvalue weighted by molar-refractivity contribution is 5.47. The lowest BCUT2D eigenvalue weighted by Gasteiger charge is -2.56. The molecule has 4 rings (SSSR count). The van der Waals surface area contributed by atoms with Crippen molar-refractivity contribution >= 4 is 0 Å². The first kappa shape index (κ1) is 15.3. The molecule has 0 unspecified atom stereocenters. The number of hydrogen-bond donors (Lipinski definition) is 0. The molecule has 0 aromatic heterocycles. The van der Waals surface area contributed by atoms with Crippen LogP contribution in [-0.4, -0.2) is 30.4 Å². The summed E-state index contributed by atoms with van der Waals surface area (Å²) < 4.78 is 42.0. The Morgan fingerprint density at radius 1 is 1.09 bits per heavy atom. The van der Waals surface area contributed by atoms with Gasteiger partial charge in [0.05, 0.1) is 0 Å². The zero-order chi connectivity index (χ0) is 16.3. The van der Waals surface area contributed by atoms with E-state index in [1.165, 1.54) is 24.5 Å². The van der Waals surface area contributed by atoms with Crippen LogP contribution in [0, 0.1) is 0 Å². The summed E-state index contributed by atoms with van der Waals surface area (Å²) in [5.41, 5.74) is 2.48. The SMILES string of the molecule is CN1CC[C@@]23CCCC[C@@]12CCc1ccc(OC(F)(F)F)cc13. The number of aryl methyl sites for hydroxylation is 1. The van der Waals surface area contributed by atoms with Gasteiger partial charge in [-0.15, -0.1) is 13.2 Å². The van der Waals surface area contributed by atoms with Gasteiger partial charge in [0.1, 0.15) is 5.75 Å². The Kier molecular flexibility index (Phi) is 3.25. The minimum atomic E-state index is -4.63. The van der Waals surface area contributed by atoms with E-state index in [9.17, 15) is 13.2 Å². The van der Waals surface area contributed by atoms with Crippen molar-refractivity contribution in [1.29, 1.82) is 0 Å². The topological polar surface area (TPSA) is 12.5 Å². The molecular formula is C18H22F3NO. The molecule has 0 spiro atoms. The maximum Gasteiger partial charge on any atom is 0.573 e. The van der Waals surface area contributed by atoms with Crippen LogP contribution in [0.5, 0.6) is 5.75 Å². The van der Waals surface area contributed by atoms with Gasteiger partial charge in [-0.1, -0.05) is 18.9 Å². The van der Waals surface area contributed by atoms with E-state index in [-0.39, 0.29) is 16.7 Å². The molecule has 5 heteroatoms. The lowest BCUT2D eigenvalue weighted by atomic mass is 9.53. The Labute approximate surface area is 134 Å². The van der Waals surface area contributed by atoms with E-state index in [0.717, 1.165) is 44.2 Å². The molecule has 1 aliphatic heterocycles. The van der Waals surface area contributed by atoms with Gasteiger partial charge >= 0.3 is 6.36 Å². The van der Waals surface area contributed by atoms with Crippen LogP contribution in [-0.2, 0) is 11.8 Å². The molecule has 1 saturated carbocycles. The lowest BCUT2D eigenvalue weighted by Crippen LogP contribution is -2.59. The number of benzene rings is 1. The zero-order valence-electron chi connectivity index (χ0n) is 13.4. The molecule has 1 aromatic carbocycles. The fourth-order valence-corrected chi connectivity index (χ4v) is 5.64. The number of likely N-dealkylation sites (N-methyl/N-ethyl adjacent to an activating group) is 1. The largest absolute Gasteiger partial charge is 0.573 e. The summed E-state index contributed by atoms with van der Waals surface area (Å²) in [5, 5.41) is 0. The second kappa shape index (κ2) is 4.88. The van der Waals surface area contributed by atoms with Gasteiger partial charge in [-0.05, 0) is 69.0 Å². The van der Waals surface area contributed by atoms with Crippen molar-refractivity contribution in [1.82, 2.24) is 4.90 Å². The molecule has 0 radical (unpaired) electrons. The third kappa shape index (κ3) is 2.12. The number of rotatable bonds is 1. The van der Waals surface area contributed by atoms with E-state index >= 15 is 0 Å². The molecule has 2 nitrogen and oxygen atoms in total. The highest BCUT2D eigenvalue weighted by Crippen LogP contribution is 2.60. The number of nitrogens with zero attached hydrogens (tertiary/aromatic N) is 1. The Morgan fingerprint density at radius 2 is 1.87 bits per heavy atom. The average Bonchev–Trinajstić information content (AvgIpc) is 2.81. The van der Waals surface area contributed by atoms with Gasteiger partial charge in [0, 0.05) is 11.0 Å². The van der Waals surface area contributed by atoms with E-state index in [1.807, 2.05) is 6.07 Å². The van der Waals surface area contributed by atoms with Gasteiger partial charge in [0.25, 0.3) is 0 Å². The highest BCUT2D eigenvalue weighted by atomic mass is 19.4. The van der Waals surface area contributed by atoms with Gasteiger partial charge < -0.3 is 4.74 Å². The van der Waals surface area contributed by atoms with Crippen LogP contribution < -0.4 is 4.74 Å². The molecule has 3 aliphatic rings. The second-order valence-electron chi connectivity index (χ2n) is 7.36. The van der Waals surface area contributed by atoms with Crippen molar-refractivity contribution in [2.45, 2.75) is 62.3 Å². The van der Waals surface area contributed by atoms with Crippen LogP contribution in [0.4, 0.5) is 13.2 Å². The van der Waals surface area contributed by atoms with Crippen molar-refractivity contribution in [3.05, 3.63) is 29.3 Å². The summed E-state index contributed by atoms with van der Waals surface area (Å²) in [6.45, 7) is 1.03. The first-order valence-electron chi connectivity index (χ1n) is 8.47. The van der Waals surface area contributed by atoms with Crippen LogP contribution in [0.15, 0.2) is 18.2 Å². The van der Waals surface area contributed by atoms with Gasteiger partial charge in [-0.2, -0.15) is 0 Å². The summed E-state index contributed by atoms with van der Waals surface area (Å²) in [6, 6.07) is 5.00. The molecule has 126 valence electrons. The Bertz CT molecular complexity index is 625. The predicted octanol–water partition coefficient (Wildman–Crippen LogP) is 4.42. The summed E-state index contributed by atoms with van der Waals surface area (Å²) in [5.74, 6) is -0.0680. The molecular weight excluding hydrogens is 303 g/mol. The zero-order valence-corrected chi connectivity index (χ0v) is 13.4. The molecule has 0 N–H and O–H groups in total. The van der Waals surface area contributed by atoms with Crippen LogP contribution in [0.25, 0.3) is 0 Å². The molecule has 0 amide bonds. The summed E-state index contributed by atoms with van der Waals surface area (Å²) in [4.78, 5) is 2.48. The second-order valence-corrected chi connectivity index (χ2v) is 7.36. The van der Waals surface area contributed by atoms with Gasteiger partial charge in [-0.25, -0.2) is 0 Å². The summed E-state index contributed by atoms with van der Waals surface area (Å²) in [6.07, 6.45) is 3.12. The number of ether oxygens (including phenoxy) is 1. The molecule has 1 aromatic rings. The van der Waals surface area contributed by atoms with Crippen molar-refractivity contribution in [2.75, 3.05) is 13.6 Å². The van der Waals surface area contributed by atoms with Gasteiger partial charge in [0.2, 0.25) is 0 Å². The summed E-state index contributed by atoms with van der Waals surface area (Å²) >= 11 is 0. The van der Waals surface area contributed by atoms with Gasteiger partial charge in [-0.3, -0.25) is 4.90 Å². The fraction of sp³-hybridized carbons (Fsp3) is 0.667. The van der Waals surface area contributed by atoms with Crippen LogP contribution in [0.1, 0.15) is 49.7 Å². The number of likely N-dealkylation sites (tertiary alicyclic amines) is 1. The van der Waals surface area contributed by atoms with Crippen molar-refractivity contribution in [3.8, 4) is 5.75 Å². The standard InChI is InChI=1S/C18H22F3NO/c1-22-11-10-16-7-2-3-8-17(16,22)9-6-13-4-5-14(12-15(13)16)23-18(19,20)21/h4-5,12H,2-3,6-11H2,1H3/t16-,17+/m1/s1. The quantitative estimate of drug-likeness (QED) is 0.758. The van der Waals surface area contributed by atoms with Crippen LogP contribution in [0.3, 0.4) is 0 Å². The first-order valence-corrected chi connectivity index (χ1v) is 8.47. The Morgan fingerprint density at radius 3 is 2.65 bits per heavy atom.